The number of rotatable bonds is 9. The summed E-state index contributed by atoms with van der Waals surface area (Å²) in [5, 5.41) is 0.562. The number of halogens is 1. The van der Waals surface area contributed by atoms with Crippen LogP contribution >= 0.6 is 11.8 Å². The van der Waals surface area contributed by atoms with Crippen molar-refractivity contribution in [1.82, 2.24) is 19.1 Å². The first-order valence-electron chi connectivity index (χ1n) is 10.6. The number of hydrogen-bond acceptors (Lipinski definition) is 7. The molecule has 1 fully saturated rings. The maximum absolute atomic E-state index is 13.9. The smallest absolute Gasteiger partial charge is 0.244 e. The van der Waals surface area contributed by atoms with E-state index in [4.69, 9.17) is 4.74 Å². The number of methoxy groups -OCH3 is 1. The van der Waals surface area contributed by atoms with E-state index in [2.05, 4.69) is 9.88 Å². The van der Waals surface area contributed by atoms with E-state index in [9.17, 15) is 17.6 Å². The third-order valence-electron chi connectivity index (χ3n) is 5.48. The van der Waals surface area contributed by atoms with Gasteiger partial charge in [0.1, 0.15) is 4.90 Å². The van der Waals surface area contributed by atoms with Gasteiger partial charge in [0.15, 0.2) is 11.6 Å². The molecule has 1 aliphatic heterocycles. The quantitative estimate of drug-likeness (QED) is 0.493. The first-order chi connectivity index (χ1) is 15.7. The van der Waals surface area contributed by atoms with Crippen LogP contribution < -0.4 is 4.74 Å². The molecule has 1 aliphatic rings. The van der Waals surface area contributed by atoms with Crippen LogP contribution in [0.3, 0.4) is 0 Å². The minimum Gasteiger partial charge on any atom is -0.494 e. The lowest BCUT2D eigenvalue weighted by atomic mass is 10.2. The van der Waals surface area contributed by atoms with Gasteiger partial charge in [-0.25, -0.2) is 17.8 Å². The Morgan fingerprint density at radius 1 is 1.21 bits per heavy atom. The lowest BCUT2D eigenvalue weighted by molar-refractivity contribution is -0.128. The molecule has 0 N–H and O–H groups in total. The molecule has 1 amide bonds. The fourth-order valence-corrected chi connectivity index (χ4v) is 5.53. The summed E-state index contributed by atoms with van der Waals surface area (Å²) >= 11 is 1.24. The largest absolute Gasteiger partial charge is 0.494 e. The number of carbonyl (C=O) groups excluding carboxylic acids is 1. The number of hydrogen-bond donors (Lipinski definition) is 0. The highest BCUT2D eigenvalue weighted by Crippen LogP contribution is 2.22. The molecule has 1 aromatic heterocycles. The molecular weight excluding hydrogens is 467 g/mol. The van der Waals surface area contributed by atoms with Gasteiger partial charge < -0.3 is 14.5 Å². The van der Waals surface area contributed by atoms with Crippen molar-refractivity contribution >= 4 is 27.7 Å². The lowest BCUT2D eigenvalue weighted by Crippen LogP contribution is -2.47. The summed E-state index contributed by atoms with van der Waals surface area (Å²) in [4.78, 5) is 20.8. The van der Waals surface area contributed by atoms with Gasteiger partial charge in [-0.3, -0.25) is 4.79 Å². The first kappa shape index (κ1) is 25.4. The molecule has 33 heavy (non-hydrogen) atoms. The molecule has 180 valence electrons. The normalized spacial score (nSPS) is 15.4. The number of amides is 1. The van der Waals surface area contributed by atoms with E-state index in [0.29, 0.717) is 43.3 Å². The molecule has 2 heterocycles. The van der Waals surface area contributed by atoms with Crippen molar-refractivity contribution in [3.8, 4) is 5.75 Å². The highest BCUT2D eigenvalue weighted by atomic mass is 32.2. The highest BCUT2D eigenvalue weighted by Gasteiger charge is 2.27. The van der Waals surface area contributed by atoms with Gasteiger partial charge >= 0.3 is 0 Å². The fraction of sp³-hybridized carbons (Fsp3) is 0.455. The van der Waals surface area contributed by atoms with Gasteiger partial charge in [-0.2, -0.15) is 4.31 Å². The molecular formula is C22H29FN4O4S2. The molecule has 0 saturated carbocycles. The average molecular weight is 497 g/mol. The molecule has 0 unspecified atom stereocenters. The fourth-order valence-electron chi connectivity index (χ4n) is 3.41. The first-order valence-corrected chi connectivity index (χ1v) is 13.0. The molecule has 1 aromatic carbocycles. The van der Waals surface area contributed by atoms with Gasteiger partial charge in [-0.1, -0.05) is 17.8 Å². The molecule has 0 spiro atoms. The second-order valence-electron chi connectivity index (χ2n) is 7.70. The molecule has 0 radical (unpaired) electrons. The van der Waals surface area contributed by atoms with E-state index in [1.54, 1.807) is 23.1 Å². The summed E-state index contributed by atoms with van der Waals surface area (Å²) in [6.45, 7) is 4.91. The van der Waals surface area contributed by atoms with E-state index in [1.165, 1.54) is 41.5 Å². The average Bonchev–Trinajstić information content (AvgIpc) is 2.81. The Labute approximate surface area is 198 Å². The maximum atomic E-state index is 13.9. The minimum absolute atomic E-state index is 0.116. The Bertz CT molecular complexity index is 1060. The van der Waals surface area contributed by atoms with Crippen molar-refractivity contribution in [2.45, 2.75) is 23.4 Å². The van der Waals surface area contributed by atoms with Crippen molar-refractivity contribution in [3.63, 3.8) is 0 Å². The van der Waals surface area contributed by atoms with Gasteiger partial charge in [0, 0.05) is 45.5 Å². The van der Waals surface area contributed by atoms with Crippen LogP contribution in [0.5, 0.6) is 5.75 Å². The Balaban J connectivity index is 1.57. The van der Waals surface area contributed by atoms with Crippen LogP contribution in [-0.2, 0) is 21.4 Å². The summed E-state index contributed by atoms with van der Waals surface area (Å²) in [7, 11) is -0.206. The molecule has 1 saturated heterocycles. The van der Waals surface area contributed by atoms with Gasteiger partial charge in [-0.15, -0.1) is 0 Å². The molecule has 2 aromatic rings. The summed E-state index contributed by atoms with van der Waals surface area (Å²) in [6.07, 6.45) is 1.35. The topological polar surface area (TPSA) is 83.0 Å². The van der Waals surface area contributed by atoms with E-state index < -0.39 is 15.8 Å². The maximum Gasteiger partial charge on any atom is 0.244 e. The van der Waals surface area contributed by atoms with Gasteiger partial charge in [-0.05, 0) is 43.8 Å². The van der Waals surface area contributed by atoms with Crippen LogP contribution in [0.2, 0.25) is 0 Å². The van der Waals surface area contributed by atoms with E-state index >= 15 is 0 Å². The van der Waals surface area contributed by atoms with E-state index in [1.807, 2.05) is 14.0 Å². The molecule has 0 bridgehead atoms. The number of aromatic nitrogens is 1. The Hall–Kier alpha value is -2.21. The van der Waals surface area contributed by atoms with E-state index in [-0.39, 0.29) is 28.8 Å². The zero-order valence-corrected chi connectivity index (χ0v) is 20.7. The van der Waals surface area contributed by atoms with Crippen LogP contribution in [0.1, 0.15) is 12.5 Å². The van der Waals surface area contributed by atoms with Crippen LogP contribution in [0.4, 0.5) is 4.39 Å². The van der Waals surface area contributed by atoms with Crippen molar-refractivity contribution < 1.29 is 22.3 Å². The van der Waals surface area contributed by atoms with Gasteiger partial charge in [0.2, 0.25) is 15.9 Å². The third-order valence-corrected chi connectivity index (χ3v) is 8.29. The summed E-state index contributed by atoms with van der Waals surface area (Å²) in [5.74, 6) is -0.282. The SMILES string of the molecule is CCN(Cc1ccc(OC)c(F)c1)C(=O)CSc1ccc(S(=O)(=O)N2CCN(C)CC2)cn1. The van der Waals surface area contributed by atoms with Crippen LogP contribution in [-0.4, -0.2) is 86.0 Å². The number of pyridine rings is 1. The standard InChI is InChI=1S/C22H29FN4O4S2/c1-4-26(15-17-5-7-20(31-3)19(23)13-17)22(28)16-32-21-8-6-18(14-24-21)33(29,30)27-11-9-25(2)10-12-27/h5-8,13-14H,4,9-12,15-16H2,1-3H3. The zero-order chi connectivity index (χ0) is 24.0. The van der Waals surface area contributed by atoms with Crippen LogP contribution in [0, 0.1) is 5.82 Å². The summed E-state index contributed by atoms with van der Waals surface area (Å²) in [5.41, 5.74) is 0.671. The predicted molar refractivity (Wildman–Crippen MR) is 125 cm³/mol. The van der Waals surface area contributed by atoms with Crippen molar-refractivity contribution in [1.29, 1.82) is 0 Å². The van der Waals surface area contributed by atoms with Crippen molar-refractivity contribution in [3.05, 3.63) is 47.9 Å². The molecule has 3 rings (SSSR count). The molecule has 0 aliphatic carbocycles. The second-order valence-corrected chi connectivity index (χ2v) is 10.6. The monoisotopic (exact) mass is 496 g/mol. The Morgan fingerprint density at radius 2 is 1.94 bits per heavy atom. The Morgan fingerprint density at radius 3 is 2.52 bits per heavy atom. The van der Waals surface area contributed by atoms with Crippen molar-refractivity contribution in [2.24, 2.45) is 0 Å². The number of sulfonamides is 1. The molecule has 8 nitrogen and oxygen atoms in total. The number of benzene rings is 1. The lowest BCUT2D eigenvalue weighted by Gasteiger charge is -2.31. The number of thioether (sulfide) groups is 1. The third kappa shape index (κ3) is 6.44. The molecule has 11 heteroatoms. The predicted octanol–water partition coefficient (Wildman–Crippen LogP) is 2.31. The summed E-state index contributed by atoms with van der Waals surface area (Å²) < 4.78 is 45.9. The Kier molecular flexibility index (Phi) is 8.69. The molecule has 0 atom stereocenters. The highest BCUT2D eigenvalue weighted by molar-refractivity contribution is 7.99. The second kappa shape index (κ2) is 11.3. The minimum atomic E-state index is -3.57. The number of piperazine rings is 1. The number of likely N-dealkylation sites (N-methyl/N-ethyl adjacent to an activating group) is 1. The number of carbonyl (C=O) groups is 1. The van der Waals surface area contributed by atoms with E-state index in [0.717, 1.165) is 0 Å². The number of ether oxygens (including phenoxy) is 1. The van der Waals surface area contributed by atoms with Crippen LogP contribution in [0.15, 0.2) is 46.5 Å². The van der Waals surface area contributed by atoms with Crippen molar-refractivity contribution in [2.75, 3.05) is 52.6 Å². The zero-order valence-electron chi connectivity index (χ0n) is 19.0. The van der Waals surface area contributed by atoms with Crippen LogP contribution in [0.25, 0.3) is 0 Å². The van der Waals surface area contributed by atoms with Gasteiger partial charge in [0.25, 0.3) is 0 Å². The summed E-state index contributed by atoms with van der Waals surface area (Å²) in [6, 6.07) is 7.79. The number of nitrogens with zero attached hydrogens (tertiary/aromatic N) is 4. The van der Waals surface area contributed by atoms with Gasteiger partial charge in [0.05, 0.1) is 17.9 Å².